The molecule has 0 fully saturated rings. The molecule has 0 aromatic carbocycles. The van der Waals surface area contributed by atoms with Gasteiger partial charge in [0, 0.05) is 0 Å². The monoisotopic (exact) mass is 109 g/mol. The van der Waals surface area contributed by atoms with Crippen LogP contribution in [0.3, 0.4) is 0 Å². The lowest BCUT2D eigenvalue weighted by Gasteiger charge is -1.27. The van der Waals surface area contributed by atoms with Crippen LogP contribution in [0.4, 0.5) is 0 Å². The Bertz CT molecular complexity index is 54.3. The van der Waals surface area contributed by atoms with Crippen LogP contribution >= 0.6 is 23.7 Å². The first-order chi connectivity index (χ1) is 1.89. The van der Waals surface area contributed by atoms with Crippen LogP contribution in [0.1, 0.15) is 0 Å². The van der Waals surface area contributed by atoms with Crippen molar-refractivity contribution in [3.05, 3.63) is 0 Å². The first-order valence-corrected chi connectivity index (χ1v) is 6.02. The summed E-state index contributed by atoms with van der Waals surface area (Å²) in [6, 6.07) is 0. The summed E-state index contributed by atoms with van der Waals surface area (Å²) in [5.74, 6) is 1.49. The maximum absolute atomic E-state index is 2.82. The summed E-state index contributed by atoms with van der Waals surface area (Å²) in [6.45, 7) is 0.519. The second-order valence-corrected chi connectivity index (χ2v) is 8.58. The van der Waals surface area contributed by atoms with E-state index in [1.54, 1.807) is 7.87 Å². The molecule has 1 aliphatic heterocycles. The van der Waals surface area contributed by atoms with Crippen molar-refractivity contribution in [2.75, 3.05) is 5.90 Å². The van der Waals surface area contributed by atoms with E-state index in [1.165, 1.54) is 5.90 Å². The predicted octanol–water partition coefficient (Wildman–Crippen LogP) is 2.09. The van der Waals surface area contributed by atoms with E-state index in [9.17, 15) is 0 Å². The van der Waals surface area contributed by atoms with Crippen molar-refractivity contribution in [1.82, 2.24) is 0 Å². The predicted molar refractivity (Wildman–Crippen MR) is 28.4 cm³/mol. The van der Waals surface area contributed by atoms with Crippen molar-refractivity contribution >= 4 is 23.7 Å². The fourth-order valence-corrected chi connectivity index (χ4v) is 2.96. The van der Waals surface area contributed by atoms with Gasteiger partial charge in [0.1, 0.15) is 6.90 Å². The van der Waals surface area contributed by atoms with E-state index in [4.69, 9.17) is 0 Å². The summed E-state index contributed by atoms with van der Waals surface area (Å²) in [4.78, 5) is 0. The van der Waals surface area contributed by atoms with E-state index in [0.29, 0.717) is 6.90 Å². The Hall–Kier alpha value is 1.03. The number of rotatable bonds is 0. The van der Waals surface area contributed by atoms with Crippen molar-refractivity contribution in [3.63, 3.8) is 0 Å². The highest BCUT2D eigenvalue weighted by atomic mass is 32.3. The van der Waals surface area contributed by atoms with Crippen LogP contribution in [0.15, 0.2) is 0 Å². The molecular formula is CH4P3+. The lowest BCUT2D eigenvalue weighted by molar-refractivity contribution is 2.36. The van der Waals surface area contributed by atoms with Crippen molar-refractivity contribution in [1.29, 1.82) is 0 Å². The van der Waals surface area contributed by atoms with Crippen molar-refractivity contribution in [2.24, 2.45) is 0 Å². The van der Waals surface area contributed by atoms with E-state index >= 15 is 0 Å². The van der Waals surface area contributed by atoms with Gasteiger partial charge in [-0.05, 0) is 0 Å². The first-order valence-electron chi connectivity index (χ1n) is 1.09. The van der Waals surface area contributed by atoms with Gasteiger partial charge in [-0.25, -0.2) is 0 Å². The molecule has 0 radical (unpaired) electrons. The molecule has 2 atom stereocenters. The smallest absolute Gasteiger partial charge is 0.0898 e. The van der Waals surface area contributed by atoms with Crippen LogP contribution in [0.5, 0.6) is 0 Å². The summed E-state index contributed by atoms with van der Waals surface area (Å²) in [7, 11) is 4.51. The lowest BCUT2D eigenvalue weighted by Crippen LogP contribution is -1.07. The molecule has 0 aromatic heterocycles. The molecule has 1 rings (SSSR count). The zero-order chi connectivity index (χ0) is 2.99. The minimum Gasteiger partial charge on any atom is 0.0898 e. The van der Waals surface area contributed by atoms with Gasteiger partial charge >= 0.3 is 0 Å². The summed E-state index contributed by atoms with van der Waals surface area (Å²) < 4.78 is 0. The van der Waals surface area contributed by atoms with Crippen molar-refractivity contribution in [3.8, 4) is 0 Å². The van der Waals surface area contributed by atoms with Crippen molar-refractivity contribution in [2.45, 2.75) is 0 Å². The molecule has 4 heavy (non-hydrogen) atoms. The molecular weight excluding hydrogens is 105 g/mol. The number of hydrogen-bond acceptors (Lipinski definition) is 0. The fourth-order valence-electron chi connectivity index (χ4n) is 0.0365. The summed E-state index contributed by atoms with van der Waals surface area (Å²) in [5, 5.41) is 0. The van der Waals surface area contributed by atoms with Gasteiger partial charge in [0.05, 0.1) is 8.93 Å². The Balaban J connectivity index is 2.54. The van der Waals surface area contributed by atoms with E-state index in [2.05, 4.69) is 8.93 Å². The van der Waals surface area contributed by atoms with Gasteiger partial charge in [-0.2, -0.15) is 0 Å². The summed E-state index contributed by atoms with van der Waals surface area (Å²) >= 11 is 0. The molecule has 22 valence electrons. The average molecular weight is 109 g/mol. The van der Waals surface area contributed by atoms with E-state index in [1.807, 2.05) is 0 Å². The van der Waals surface area contributed by atoms with E-state index in [0.717, 1.165) is 0 Å². The second kappa shape index (κ2) is 1.02. The molecule has 0 spiro atoms. The standard InChI is InChI=1S/CH4P3/c2-4-1-3-4/h1-2H2/q+1. The maximum Gasteiger partial charge on any atom is 0.191 e. The molecule has 0 aromatic rings. The molecule has 0 bridgehead atoms. The lowest BCUT2D eigenvalue weighted by atomic mass is 11.9. The topological polar surface area (TPSA) is 0 Å². The average Bonchev–Trinajstić information content (AvgIpc) is 1.75. The van der Waals surface area contributed by atoms with E-state index in [-0.39, 0.29) is 0 Å². The van der Waals surface area contributed by atoms with Gasteiger partial charge in [0.2, 0.25) is 0 Å². The van der Waals surface area contributed by atoms with Crippen molar-refractivity contribution < 1.29 is 0 Å². The van der Waals surface area contributed by atoms with Crippen LogP contribution in [0, 0.1) is 0 Å². The molecule has 3 heteroatoms. The first kappa shape index (κ1) is 3.23. The van der Waals surface area contributed by atoms with Crippen LogP contribution in [0.2, 0.25) is 0 Å². The Morgan fingerprint density at radius 2 is 2.25 bits per heavy atom. The third-order valence-electron chi connectivity index (χ3n) is 0.305. The van der Waals surface area contributed by atoms with Gasteiger partial charge in [0.15, 0.2) is 13.8 Å². The van der Waals surface area contributed by atoms with E-state index < -0.39 is 0 Å². The molecule has 1 aliphatic rings. The molecule has 0 amide bonds. The van der Waals surface area contributed by atoms with Gasteiger partial charge in [-0.3, -0.25) is 0 Å². The van der Waals surface area contributed by atoms with Gasteiger partial charge in [-0.1, -0.05) is 0 Å². The summed E-state index contributed by atoms with van der Waals surface area (Å²) in [5.41, 5.74) is 0. The van der Waals surface area contributed by atoms with Gasteiger partial charge < -0.3 is 0 Å². The van der Waals surface area contributed by atoms with Crippen LogP contribution in [-0.4, -0.2) is 5.90 Å². The highest BCUT2D eigenvalue weighted by molar-refractivity contribution is 8.39. The van der Waals surface area contributed by atoms with Crippen LogP contribution < -0.4 is 0 Å². The molecule has 0 saturated carbocycles. The zero-order valence-electron chi connectivity index (χ0n) is 2.18. The SMILES string of the molecule is P[P+]1=PC1. The third-order valence-corrected chi connectivity index (χ3v) is 5.68. The quantitative estimate of drug-likeness (QED) is 0.418. The molecule has 0 N–H and O–H groups in total. The largest absolute Gasteiger partial charge is 0.191 e. The molecule has 0 saturated heterocycles. The Morgan fingerprint density at radius 1 is 2.00 bits per heavy atom. The maximum atomic E-state index is 2.82. The van der Waals surface area contributed by atoms with Gasteiger partial charge in [0.25, 0.3) is 0 Å². The third kappa shape index (κ3) is 0.769. The second-order valence-electron chi connectivity index (χ2n) is 0.722. The Labute approximate surface area is 30.5 Å². The zero-order valence-corrected chi connectivity index (χ0v) is 5.12. The molecule has 1 heterocycles. The van der Waals surface area contributed by atoms with Crippen LogP contribution in [-0.2, 0) is 0 Å². The highest BCUT2D eigenvalue weighted by Crippen LogP contribution is 2.61. The van der Waals surface area contributed by atoms with Crippen LogP contribution in [0.25, 0.3) is 0 Å². The molecule has 0 aliphatic carbocycles. The minimum absolute atomic E-state index is 0.519. The highest BCUT2D eigenvalue weighted by Gasteiger charge is 2.15. The molecule has 2 unspecified atom stereocenters. The fraction of sp³-hybridized carbons (Fsp3) is 1.00. The molecule has 0 nitrogen and oxygen atoms in total. The summed E-state index contributed by atoms with van der Waals surface area (Å²) in [6.07, 6.45) is 0. The Morgan fingerprint density at radius 3 is 2.25 bits per heavy atom. The normalized spacial score (nSPS) is 32.8. The number of hydrogen-bond donors (Lipinski definition) is 0. The Kier molecular flexibility index (Phi) is 0.821. The minimum atomic E-state index is 0.519. The van der Waals surface area contributed by atoms with Gasteiger partial charge in [-0.15, -0.1) is 0 Å².